The molecular formula is C61H40N2. The summed E-state index contributed by atoms with van der Waals surface area (Å²) in [6.45, 7) is 0. The number of hydrogen-bond donors (Lipinski definition) is 0. The maximum Gasteiger partial charge on any atom is 0.161 e. The molecule has 0 saturated carbocycles. The van der Waals surface area contributed by atoms with Gasteiger partial charge < -0.3 is 0 Å². The van der Waals surface area contributed by atoms with Crippen LogP contribution in [0.1, 0.15) is 22.3 Å². The Labute approximate surface area is 367 Å². The molecule has 0 bridgehead atoms. The fourth-order valence-corrected chi connectivity index (χ4v) is 10.1. The highest BCUT2D eigenvalue weighted by atomic mass is 14.9. The van der Waals surface area contributed by atoms with Crippen molar-refractivity contribution in [2.75, 3.05) is 0 Å². The van der Waals surface area contributed by atoms with Crippen LogP contribution in [0.4, 0.5) is 0 Å². The van der Waals surface area contributed by atoms with E-state index in [1.807, 2.05) is 12.1 Å². The summed E-state index contributed by atoms with van der Waals surface area (Å²) in [6, 6.07) is 87.8. The van der Waals surface area contributed by atoms with Crippen LogP contribution >= 0.6 is 0 Å². The molecule has 10 aromatic carbocycles. The van der Waals surface area contributed by atoms with Crippen molar-refractivity contribution in [2.45, 2.75) is 5.41 Å². The summed E-state index contributed by atoms with van der Waals surface area (Å²) in [4.78, 5) is 10.4. The third-order valence-electron chi connectivity index (χ3n) is 13.0. The summed E-state index contributed by atoms with van der Waals surface area (Å²) in [7, 11) is 0. The molecule has 2 heteroatoms. The minimum absolute atomic E-state index is 0.485. The van der Waals surface area contributed by atoms with Crippen LogP contribution in [-0.2, 0) is 5.41 Å². The monoisotopic (exact) mass is 800 g/mol. The summed E-state index contributed by atoms with van der Waals surface area (Å²) in [5.41, 5.74) is 16.9. The lowest BCUT2D eigenvalue weighted by atomic mass is 9.66. The fraction of sp³-hybridized carbons (Fsp3) is 0.0164. The van der Waals surface area contributed by atoms with Crippen LogP contribution in [0.3, 0.4) is 0 Å². The van der Waals surface area contributed by atoms with Gasteiger partial charge in [0.2, 0.25) is 0 Å². The zero-order valence-corrected chi connectivity index (χ0v) is 34.5. The maximum absolute atomic E-state index is 5.20. The molecule has 0 aliphatic heterocycles. The molecule has 0 N–H and O–H groups in total. The molecule has 0 spiro atoms. The zero-order valence-electron chi connectivity index (χ0n) is 34.5. The van der Waals surface area contributed by atoms with E-state index in [1.54, 1.807) is 0 Å². The predicted octanol–water partition coefficient (Wildman–Crippen LogP) is 15.5. The minimum atomic E-state index is -0.485. The molecule has 0 fully saturated rings. The molecular weight excluding hydrogens is 761 g/mol. The number of rotatable bonds is 7. The molecule has 1 aliphatic rings. The normalized spacial score (nSPS) is 12.6. The van der Waals surface area contributed by atoms with Crippen molar-refractivity contribution in [1.29, 1.82) is 0 Å². The molecule has 0 amide bonds. The van der Waals surface area contributed by atoms with Gasteiger partial charge in [0, 0.05) is 16.7 Å². The molecule has 2 nitrogen and oxygen atoms in total. The predicted molar refractivity (Wildman–Crippen MR) is 262 cm³/mol. The van der Waals surface area contributed by atoms with Gasteiger partial charge in [0.05, 0.1) is 16.8 Å². The van der Waals surface area contributed by atoms with Crippen molar-refractivity contribution in [3.05, 3.63) is 265 Å². The lowest BCUT2D eigenvalue weighted by molar-refractivity contribution is 0.775. The van der Waals surface area contributed by atoms with E-state index in [1.165, 1.54) is 60.8 Å². The van der Waals surface area contributed by atoms with Gasteiger partial charge in [-0.3, -0.25) is 0 Å². The molecule has 1 aromatic heterocycles. The second-order valence-electron chi connectivity index (χ2n) is 16.4. The van der Waals surface area contributed by atoms with Crippen molar-refractivity contribution >= 4 is 21.5 Å². The van der Waals surface area contributed by atoms with Crippen molar-refractivity contribution in [3.8, 4) is 67.3 Å². The molecule has 0 atom stereocenters. The second-order valence-corrected chi connectivity index (χ2v) is 16.4. The first-order chi connectivity index (χ1) is 31.2. The van der Waals surface area contributed by atoms with E-state index < -0.39 is 5.41 Å². The van der Waals surface area contributed by atoms with Gasteiger partial charge in [0.1, 0.15) is 0 Å². The SMILES string of the molecule is c1ccc(-c2cc(-c3ccccc3)nc(-c3ccc(-c4cccc(-c5ccc6c(c5)-c5ccc7ccccc7c5C6(c5ccccc5)c5ccccc5)c4)c4ccccc34)n2)cc1. The molecule has 0 unspecified atom stereocenters. The molecule has 0 radical (unpaired) electrons. The fourth-order valence-electron chi connectivity index (χ4n) is 10.1. The third kappa shape index (κ3) is 6.02. The van der Waals surface area contributed by atoms with Crippen LogP contribution in [-0.4, -0.2) is 9.97 Å². The first-order valence-corrected chi connectivity index (χ1v) is 21.6. The number of benzene rings is 10. The Hall–Kier alpha value is -8.20. The van der Waals surface area contributed by atoms with E-state index in [0.29, 0.717) is 5.82 Å². The van der Waals surface area contributed by atoms with E-state index in [-0.39, 0.29) is 0 Å². The highest BCUT2D eigenvalue weighted by Crippen LogP contribution is 2.58. The van der Waals surface area contributed by atoms with E-state index in [9.17, 15) is 0 Å². The van der Waals surface area contributed by atoms with Crippen molar-refractivity contribution in [1.82, 2.24) is 9.97 Å². The Balaban J connectivity index is 1.00. The van der Waals surface area contributed by atoms with Gasteiger partial charge in [-0.25, -0.2) is 9.97 Å². The van der Waals surface area contributed by atoms with E-state index >= 15 is 0 Å². The van der Waals surface area contributed by atoms with E-state index in [0.717, 1.165) is 44.4 Å². The first-order valence-electron chi connectivity index (χ1n) is 21.6. The lowest BCUT2D eigenvalue weighted by Gasteiger charge is -2.34. The number of nitrogens with zero attached hydrogens (tertiary/aromatic N) is 2. The van der Waals surface area contributed by atoms with Crippen LogP contribution in [0.2, 0.25) is 0 Å². The first kappa shape index (κ1) is 36.6. The Bertz CT molecular complexity index is 3390. The van der Waals surface area contributed by atoms with Gasteiger partial charge in [-0.05, 0) is 101 Å². The smallest absolute Gasteiger partial charge is 0.161 e. The molecule has 294 valence electrons. The van der Waals surface area contributed by atoms with Gasteiger partial charge >= 0.3 is 0 Å². The van der Waals surface area contributed by atoms with Crippen LogP contribution in [0.25, 0.3) is 88.8 Å². The van der Waals surface area contributed by atoms with E-state index in [2.05, 4.69) is 231 Å². The zero-order chi connectivity index (χ0) is 41.7. The highest BCUT2D eigenvalue weighted by Gasteiger charge is 2.47. The van der Waals surface area contributed by atoms with Crippen molar-refractivity contribution < 1.29 is 0 Å². The maximum atomic E-state index is 5.20. The minimum Gasteiger partial charge on any atom is -0.228 e. The molecule has 1 aliphatic carbocycles. The van der Waals surface area contributed by atoms with Gasteiger partial charge in [-0.2, -0.15) is 0 Å². The summed E-state index contributed by atoms with van der Waals surface area (Å²) in [5.74, 6) is 0.708. The van der Waals surface area contributed by atoms with Crippen molar-refractivity contribution in [3.63, 3.8) is 0 Å². The van der Waals surface area contributed by atoms with E-state index in [4.69, 9.17) is 9.97 Å². The number of aromatic nitrogens is 2. The number of fused-ring (bicyclic) bond motifs is 6. The van der Waals surface area contributed by atoms with Crippen molar-refractivity contribution in [2.24, 2.45) is 0 Å². The molecule has 12 rings (SSSR count). The highest BCUT2D eigenvalue weighted by molar-refractivity contribution is 6.05. The summed E-state index contributed by atoms with van der Waals surface area (Å²) in [6.07, 6.45) is 0. The molecule has 11 aromatic rings. The standard InChI is InChI=1S/C61H40N2/c1-5-19-42(20-6-1)57-40-58(43-21-7-2-8-22-43)63-60(62-57)54-36-35-49(51-30-15-16-31-52(51)54)46-24-17-23-44(38-46)45-33-37-56-55(39-45)53-34-32-41-18-13-14-29-50(41)59(53)61(56,47-25-9-3-10-26-47)48-27-11-4-12-28-48/h1-40H. The lowest BCUT2D eigenvalue weighted by Crippen LogP contribution is -2.28. The summed E-state index contributed by atoms with van der Waals surface area (Å²) < 4.78 is 0. The van der Waals surface area contributed by atoms with Crippen LogP contribution in [0.5, 0.6) is 0 Å². The molecule has 63 heavy (non-hydrogen) atoms. The average Bonchev–Trinajstić information content (AvgIpc) is 3.68. The molecule has 0 saturated heterocycles. The quantitative estimate of drug-likeness (QED) is 0.160. The summed E-state index contributed by atoms with van der Waals surface area (Å²) in [5, 5.41) is 4.81. The van der Waals surface area contributed by atoms with Crippen LogP contribution in [0, 0.1) is 0 Å². The number of hydrogen-bond acceptors (Lipinski definition) is 2. The Morgan fingerprint density at radius 2 is 0.778 bits per heavy atom. The van der Waals surface area contributed by atoms with Gasteiger partial charge in [-0.1, -0.05) is 218 Å². The third-order valence-corrected chi connectivity index (χ3v) is 13.0. The Kier molecular flexibility index (Phi) is 8.76. The Morgan fingerprint density at radius 3 is 1.43 bits per heavy atom. The Morgan fingerprint density at radius 1 is 0.286 bits per heavy atom. The average molecular weight is 801 g/mol. The summed E-state index contributed by atoms with van der Waals surface area (Å²) >= 11 is 0. The largest absolute Gasteiger partial charge is 0.228 e. The topological polar surface area (TPSA) is 25.8 Å². The van der Waals surface area contributed by atoms with Gasteiger partial charge in [0.25, 0.3) is 0 Å². The second kappa shape index (κ2) is 15.1. The van der Waals surface area contributed by atoms with Crippen LogP contribution in [0.15, 0.2) is 243 Å². The van der Waals surface area contributed by atoms with Gasteiger partial charge in [0.15, 0.2) is 5.82 Å². The van der Waals surface area contributed by atoms with Gasteiger partial charge in [-0.15, -0.1) is 0 Å². The van der Waals surface area contributed by atoms with Crippen LogP contribution < -0.4 is 0 Å². The molecule has 1 heterocycles.